The van der Waals surface area contributed by atoms with Crippen molar-refractivity contribution in [2.45, 2.75) is 6.54 Å². The predicted octanol–water partition coefficient (Wildman–Crippen LogP) is 3.94. The van der Waals surface area contributed by atoms with E-state index in [1.165, 1.54) is 18.2 Å². The molecule has 3 aromatic rings. The van der Waals surface area contributed by atoms with Gasteiger partial charge in [0.15, 0.2) is 6.61 Å². The van der Waals surface area contributed by atoms with Gasteiger partial charge in [0.25, 0.3) is 5.91 Å². The molecule has 27 heavy (non-hydrogen) atoms. The normalized spacial score (nSPS) is 10.6. The Bertz CT molecular complexity index is 1010. The first-order valence-corrected chi connectivity index (χ1v) is 8.64. The zero-order valence-electron chi connectivity index (χ0n) is 13.9. The number of halogens is 2. The molecule has 0 aliphatic heterocycles. The fraction of sp³-hybridized carbons (Fsp3) is 0.105. The highest BCUT2D eigenvalue weighted by Gasteiger charge is 2.15. The number of carboxylic acid groups (broad SMARTS) is 1. The number of hydrogen-bond acceptors (Lipinski definition) is 4. The van der Waals surface area contributed by atoms with E-state index in [1.807, 2.05) is 6.07 Å². The van der Waals surface area contributed by atoms with Gasteiger partial charge in [0.2, 0.25) is 0 Å². The van der Waals surface area contributed by atoms with E-state index in [1.54, 1.807) is 24.5 Å². The number of nitrogens with zero attached hydrogens (tertiary/aromatic N) is 1. The van der Waals surface area contributed by atoms with Gasteiger partial charge in [-0.15, -0.1) is 0 Å². The number of carbonyl (C=O) groups excluding carboxylic acids is 1. The number of carbonyl (C=O) groups is 2. The van der Waals surface area contributed by atoms with Crippen LogP contribution in [0.5, 0.6) is 5.75 Å². The molecular weight excluding hydrogens is 391 g/mol. The van der Waals surface area contributed by atoms with Gasteiger partial charge in [-0.25, -0.2) is 4.79 Å². The van der Waals surface area contributed by atoms with Crippen LogP contribution in [-0.2, 0) is 11.3 Å². The molecule has 1 aromatic heterocycles. The van der Waals surface area contributed by atoms with Crippen LogP contribution >= 0.6 is 23.2 Å². The molecule has 1 heterocycles. The van der Waals surface area contributed by atoms with Crippen molar-refractivity contribution in [2.24, 2.45) is 0 Å². The van der Waals surface area contributed by atoms with Gasteiger partial charge >= 0.3 is 5.97 Å². The van der Waals surface area contributed by atoms with Crippen molar-refractivity contribution in [3.63, 3.8) is 0 Å². The lowest BCUT2D eigenvalue weighted by Gasteiger charge is -2.12. The quantitative estimate of drug-likeness (QED) is 0.649. The molecule has 0 saturated carbocycles. The van der Waals surface area contributed by atoms with Crippen LogP contribution < -0.4 is 10.1 Å². The molecule has 1 amide bonds. The molecule has 8 heteroatoms. The minimum Gasteiger partial charge on any atom is -0.483 e. The van der Waals surface area contributed by atoms with Gasteiger partial charge in [-0.1, -0.05) is 29.3 Å². The second-order valence-electron chi connectivity index (χ2n) is 5.69. The van der Waals surface area contributed by atoms with Gasteiger partial charge in [-0.3, -0.25) is 9.78 Å². The van der Waals surface area contributed by atoms with Gasteiger partial charge in [-0.05, 0) is 41.3 Å². The summed E-state index contributed by atoms with van der Waals surface area (Å²) in [6, 6.07) is 9.51. The molecule has 0 bridgehead atoms. The molecule has 0 fully saturated rings. The molecule has 0 saturated heterocycles. The van der Waals surface area contributed by atoms with E-state index >= 15 is 0 Å². The Morgan fingerprint density at radius 3 is 2.70 bits per heavy atom. The Hall–Kier alpha value is -2.83. The lowest BCUT2D eigenvalue weighted by Crippen LogP contribution is -2.28. The third-order valence-electron chi connectivity index (χ3n) is 3.75. The largest absolute Gasteiger partial charge is 0.483 e. The maximum atomic E-state index is 12.1. The Labute approximate surface area is 164 Å². The zero-order chi connectivity index (χ0) is 19.4. The number of rotatable bonds is 6. The molecule has 6 nitrogen and oxygen atoms in total. The first kappa shape index (κ1) is 18.9. The number of nitrogens with one attached hydrogen (secondary N) is 1. The van der Waals surface area contributed by atoms with Gasteiger partial charge in [0.05, 0.1) is 10.6 Å². The molecule has 0 unspecified atom stereocenters. The third kappa shape index (κ3) is 4.67. The minimum absolute atomic E-state index is 0.00611. The highest BCUT2D eigenvalue weighted by atomic mass is 35.5. The van der Waals surface area contributed by atoms with Gasteiger partial charge in [0.1, 0.15) is 5.75 Å². The summed E-state index contributed by atoms with van der Waals surface area (Å²) >= 11 is 12.2. The van der Waals surface area contributed by atoms with Crippen molar-refractivity contribution in [1.82, 2.24) is 10.3 Å². The number of hydrogen-bond donors (Lipinski definition) is 2. The van der Waals surface area contributed by atoms with E-state index in [0.29, 0.717) is 27.4 Å². The van der Waals surface area contributed by atoms with E-state index in [-0.39, 0.29) is 23.8 Å². The SMILES string of the molecule is O=C(COc1cc(C(=O)O)cc2cc(Cl)cc(Cl)c12)NCc1cccnc1. The van der Waals surface area contributed by atoms with Gasteiger partial charge in [-0.2, -0.15) is 0 Å². The van der Waals surface area contributed by atoms with Gasteiger partial charge < -0.3 is 15.2 Å². The number of aromatic carboxylic acids is 1. The number of amides is 1. The first-order valence-electron chi connectivity index (χ1n) is 7.88. The number of aromatic nitrogens is 1. The van der Waals surface area contributed by atoms with Crippen molar-refractivity contribution in [3.8, 4) is 5.75 Å². The predicted molar refractivity (Wildman–Crippen MR) is 103 cm³/mol. The number of ether oxygens (including phenoxy) is 1. The molecule has 3 rings (SSSR count). The van der Waals surface area contributed by atoms with Crippen LogP contribution in [0, 0.1) is 0 Å². The maximum Gasteiger partial charge on any atom is 0.335 e. The molecule has 0 aliphatic rings. The summed E-state index contributed by atoms with van der Waals surface area (Å²) in [5.41, 5.74) is 0.855. The smallest absolute Gasteiger partial charge is 0.335 e. The summed E-state index contributed by atoms with van der Waals surface area (Å²) in [6.45, 7) is 0.0136. The van der Waals surface area contributed by atoms with E-state index in [4.69, 9.17) is 27.9 Å². The molecule has 0 atom stereocenters. The van der Waals surface area contributed by atoms with Crippen LogP contribution in [0.25, 0.3) is 10.8 Å². The monoisotopic (exact) mass is 404 g/mol. The fourth-order valence-electron chi connectivity index (χ4n) is 2.52. The lowest BCUT2D eigenvalue weighted by atomic mass is 10.1. The van der Waals surface area contributed by atoms with Crippen molar-refractivity contribution < 1.29 is 19.4 Å². The summed E-state index contributed by atoms with van der Waals surface area (Å²) in [5.74, 6) is -1.29. The van der Waals surface area contributed by atoms with Gasteiger partial charge in [0, 0.05) is 29.3 Å². The molecular formula is C19H14Cl2N2O4. The highest BCUT2D eigenvalue weighted by Crippen LogP contribution is 2.36. The summed E-state index contributed by atoms with van der Waals surface area (Å²) in [4.78, 5) is 27.4. The van der Waals surface area contributed by atoms with Crippen LogP contribution in [0.4, 0.5) is 0 Å². The van der Waals surface area contributed by atoms with Crippen LogP contribution in [0.15, 0.2) is 48.8 Å². The maximum absolute atomic E-state index is 12.1. The van der Waals surface area contributed by atoms with E-state index in [2.05, 4.69) is 10.3 Å². The third-order valence-corrected chi connectivity index (χ3v) is 4.26. The number of carboxylic acids is 1. The standard InChI is InChI=1S/C19H14Cl2N2O4/c20-14-5-12-4-13(19(25)26)6-16(18(12)15(21)7-14)27-10-17(24)23-9-11-2-1-3-22-8-11/h1-8H,9-10H2,(H,23,24)(H,25,26). The second-order valence-corrected chi connectivity index (χ2v) is 6.54. The first-order chi connectivity index (χ1) is 12.9. The molecule has 2 N–H and O–H groups in total. The van der Waals surface area contributed by atoms with Crippen molar-refractivity contribution in [3.05, 3.63) is 70.0 Å². The Kier molecular flexibility index (Phi) is 5.78. The lowest BCUT2D eigenvalue weighted by molar-refractivity contribution is -0.123. The average molecular weight is 405 g/mol. The van der Waals surface area contributed by atoms with Crippen LogP contribution in [0.1, 0.15) is 15.9 Å². The summed E-state index contributed by atoms with van der Waals surface area (Å²) < 4.78 is 5.56. The van der Waals surface area contributed by atoms with E-state index in [0.717, 1.165) is 5.56 Å². The number of benzene rings is 2. The van der Waals surface area contributed by atoms with Crippen molar-refractivity contribution >= 4 is 45.9 Å². The summed E-state index contributed by atoms with van der Waals surface area (Å²) in [6.07, 6.45) is 3.29. The van der Waals surface area contributed by atoms with E-state index < -0.39 is 5.97 Å². The van der Waals surface area contributed by atoms with Crippen LogP contribution in [0.2, 0.25) is 10.0 Å². The Balaban J connectivity index is 1.79. The number of fused-ring (bicyclic) bond motifs is 1. The topological polar surface area (TPSA) is 88.5 Å². The highest BCUT2D eigenvalue weighted by molar-refractivity contribution is 6.39. The molecule has 138 valence electrons. The van der Waals surface area contributed by atoms with Crippen LogP contribution in [0.3, 0.4) is 0 Å². The Morgan fingerprint density at radius 1 is 1.19 bits per heavy atom. The van der Waals surface area contributed by atoms with Crippen molar-refractivity contribution in [2.75, 3.05) is 6.61 Å². The minimum atomic E-state index is -1.13. The molecule has 0 spiro atoms. The zero-order valence-corrected chi connectivity index (χ0v) is 15.4. The summed E-state index contributed by atoms with van der Waals surface area (Å²) in [5, 5.41) is 13.7. The van der Waals surface area contributed by atoms with E-state index in [9.17, 15) is 14.7 Å². The summed E-state index contributed by atoms with van der Waals surface area (Å²) in [7, 11) is 0. The van der Waals surface area contributed by atoms with Crippen molar-refractivity contribution in [1.29, 1.82) is 0 Å². The molecule has 2 aromatic carbocycles. The number of pyridine rings is 1. The molecule has 0 radical (unpaired) electrons. The Morgan fingerprint density at radius 2 is 2.00 bits per heavy atom. The van der Waals surface area contributed by atoms with Crippen LogP contribution in [-0.4, -0.2) is 28.6 Å². The second kappa shape index (κ2) is 8.24. The average Bonchev–Trinajstić information content (AvgIpc) is 2.64. The molecule has 0 aliphatic carbocycles. The fourth-order valence-corrected chi connectivity index (χ4v) is 3.13.